The van der Waals surface area contributed by atoms with Gasteiger partial charge < -0.3 is 15.4 Å². The SMILES string of the molecule is CC(C)CCN(C(=O)[C@@H]1CC[C@H](CN)O1)C1CC1. The van der Waals surface area contributed by atoms with Gasteiger partial charge in [0.15, 0.2) is 0 Å². The van der Waals surface area contributed by atoms with Crippen molar-refractivity contribution in [2.45, 2.75) is 64.2 Å². The van der Waals surface area contributed by atoms with Crippen molar-refractivity contribution in [1.29, 1.82) is 0 Å². The molecule has 4 heteroatoms. The summed E-state index contributed by atoms with van der Waals surface area (Å²) in [7, 11) is 0. The zero-order valence-electron chi connectivity index (χ0n) is 11.6. The molecule has 2 rings (SSSR count). The molecule has 1 aliphatic carbocycles. The van der Waals surface area contributed by atoms with Gasteiger partial charge in [-0.2, -0.15) is 0 Å². The fraction of sp³-hybridized carbons (Fsp3) is 0.929. The number of carbonyl (C=O) groups is 1. The lowest BCUT2D eigenvalue weighted by atomic mass is 10.1. The number of rotatable bonds is 6. The van der Waals surface area contributed by atoms with Crippen LogP contribution in [0.4, 0.5) is 0 Å². The van der Waals surface area contributed by atoms with Crippen LogP contribution >= 0.6 is 0 Å². The highest BCUT2D eigenvalue weighted by molar-refractivity contribution is 5.81. The monoisotopic (exact) mass is 254 g/mol. The van der Waals surface area contributed by atoms with Crippen molar-refractivity contribution < 1.29 is 9.53 Å². The number of amides is 1. The number of hydrogen-bond acceptors (Lipinski definition) is 3. The fourth-order valence-electron chi connectivity index (χ4n) is 2.50. The third kappa shape index (κ3) is 3.45. The van der Waals surface area contributed by atoms with Crippen LogP contribution in [-0.2, 0) is 9.53 Å². The molecule has 104 valence electrons. The van der Waals surface area contributed by atoms with Gasteiger partial charge in [-0.1, -0.05) is 13.8 Å². The molecule has 0 radical (unpaired) electrons. The van der Waals surface area contributed by atoms with Gasteiger partial charge in [-0.15, -0.1) is 0 Å². The highest BCUT2D eigenvalue weighted by Gasteiger charge is 2.38. The Morgan fingerprint density at radius 1 is 1.33 bits per heavy atom. The van der Waals surface area contributed by atoms with Crippen molar-refractivity contribution >= 4 is 5.91 Å². The molecule has 0 spiro atoms. The Morgan fingerprint density at radius 3 is 2.56 bits per heavy atom. The van der Waals surface area contributed by atoms with E-state index in [0.29, 0.717) is 18.5 Å². The standard InChI is InChI=1S/C14H26N2O2/c1-10(2)7-8-16(11-3-4-11)14(17)13-6-5-12(9-15)18-13/h10-13H,3-9,15H2,1-2H3/t12-,13+/m1/s1. The highest BCUT2D eigenvalue weighted by atomic mass is 16.5. The zero-order chi connectivity index (χ0) is 13.1. The van der Waals surface area contributed by atoms with Crippen LogP contribution in [0, 0.1) is 5.92 Å². The van der Waals surface area contributed by atoms with Gasteiger partial charge in [0.2, 0.25) is 0 Å². The minimum Gasteiger partial charge on any atom is -0.364 e. The van der Waals surface area contributed by atoms with E-state index in [0.717, 1.165) is 38.6 Å². The number of ether oxygens (including phenoxy) is 1. The first kappa shape index (κ1) is 13.8. The lowest BCUT2D eigenvalue weighted by Gasteiger charge is -2.26. The van der Waals surface area contributed by atoms with Gasteiger partial charge in [0.1, 0.15) is 6.10 Å². The van der Waals surface area contributed by atoms with E-state index in [9.17, 15) is 4.79 Å². The molecule has 1 heterocycles. The third-order valence-electron chi connectivity index (χ3n) is 3.86. The van der Waals surface area contributed by atoms with E-state index in [4.69, 9.17) is 10.5 Å². The van der Waals surface area contributed by atoms with E-state index in [2.05, 4.69) is 18.7 Å². The van der Waals surface area contributed by atoms with Gasteiger partial charge in [-0.05, 0) is 38.0 Å². The quantitative estimate of drug-likeness (QED) is 0.782. The minimum atomic E-state index is -0.230. The van der Waals surface area contributed by atoms with Crippen LogP contribution in [0.15, 0.2) is 0 Å². The molecular formula is C14H26N2O2. The lowest BCUT2D eigenvalue weighted by molar-refractivity contribution is -0.143. The maximum atomic E-state index is 12.5. The predicted molar refractivity (Wildman–Crippen MR) is 71.1 cm³/mol. The maximum Gasteiger partial charge on any atom is 0.251 e. The second-order valence-electron chi connectivity index (χ2n) is 6.01. The molecule has 0 aromatic rings. The second kappa shape index (κ2) is 6.02. The van der Waals surface area contributed by atoms with Crippen LogP contribution in [0.2, 0.25) is 0 Å². The summed E-state index contributed by atoms with van der Waals surface area (Å²) < 4.78 is 5.72. The Bertz CT molecular complexity index is 290. The third-order valence-corrected chi connectivity index (χ3v) is 3.86. The van der Waals surface area contributed by atoms with Crippen LogP contribution in [0.5, 0.6) is 0 Å². The zero-order valence-corrected chi connectivity index (χ0v) is 11.6. The fourth-order valence-corrected chi connectivity index (χ4v) is 2.50. The average Bonchev–Trinajstić information content (AvgIpc) is 3.06. The molecule has 0 unspecified atom stereocenters. The molecule has 2 atom stereocenters. The second-order valence-corrected chi connectivity index (χ2v) is 6.01. The van der Waals surface area contributed by atoms with E-state index >= 15 is 0 Å². The van der Waals surface area contributed by atoms with Crippen LogP contribution in [0.25, 0.3) is 0 Å². The molecule has 2 fully saturated rings. The first-order chi connectivity index (χ1) is 8.61. The Labute approximate surface area is 110 Å². The Morgan fingerprint density at radius 2 is 2.06 bits per heavy atom. The smallest absolute Gasteiger partial charge is 0.251 e. The summed E-state index contributed by atoms with van der Waals surface area (Å²) in [6.07, 6.45) is 5.03. The minimum absolute atomic E-state index is 0.0881. The molecule has 4 nitrogen and oxygen atoms in total. The normalized spacial score (nSPS) is 27.8. The van der Waals surface area contributed by atoms with Crippen LogP contribution < -0.4 is 5.73 Å². The number of hydrogen-bond donors (Lipinski definition) is 1. The summed E-state index contributed by atoms with van der Waals surface area (Å²) in [5.41, 5.74) is 5.59. The van der Waals surface area contributed by atoms with Crippen LogP contribution in [0.3, 0.4) is 0 Å². The van der Waals surface area contributed by atoms with E-state index in [1.54, 1.807) is 0 Å². The number of carbonyl (C=O) groups excluding carboxylic acids is 1. The first-order valence-corrected chi connectivity index (χ1v) is 7.27. The molecular weight excluding hydrogens is 228 g/mol. The van der Waals surface area contributed by atoms with Crippen LogP contribution in [0.1, 0.15) is 46.0 Å². The Hall–Kier alpha value is -0.610. The topological polar surface area (TPSA) is 55.6 Å². The molecule has 1 saturated heterocycles. The van der Waals surface area contributed by atoms with Crippen molar-refractivity contribution in [3.63, 3.8) is 0 Å². The molecule has 2 N–H and O–H groups in total. The summed E-state index contributed by atoms with van der Waals surface area (Å²) in [6, 6.07) is 0.483. The van der Waals surface area contributed by atoms with Gasteiger partial charge in [-0.25, -0.2) is 0 Å². The summed E-state index contributed by atoms with van der Waals surface area (Å²) in [4.78, 5) is 14.5. The van der Waals surface area contributed by atoms with Gasteiger partial charge >= 0.3 is 0 Å². The van der Waals surface area contributed by atoms with Crippen molar-refractivity contribution in [3.05, 3.63) is 0 Å². The number of nitrogens with two attached hydrogens (primary N) is 1. The van der Waals surface area contributed by atoms with Gasteiger partial charge in [0.05, 0.1) is 6.10 Å². The van der Waals surface area contributed by atoms with Gasteiger partial charge in [-0.3, -0.25) is 4.79 Å². The molecule has 0 aromatic heterocycles. The summed E-state index contributed by atoms with van der Waals surface area (Å²) >= 11 is 0. The maximum absolute atomic E-state index is 12.5. The summed E-state index contributed by atoms with van der Waals surface area (Å²) in [5, 5.41) is 0. The average molecular weight is 254 g/mol. The van der Waals surface area contributed by atoms with E-state index in [-0.39, 0.29) is 18.1 Å². The highest BCUT2D eigenvalue weighted by Crippen LogP contribution is 2.30. The van der Waals surface area contributed by atoms with Gasteiger partial charge in [0.25, 0.3) is 5.91 Å². The van der Waals surface area contributed by atoms with E-state index < -0.39 is 0 Å². The Balaban J connectivity index is 1.87. The first-order valence-electron chi connectivity index (χ1n) is 7.27. The molecule has 1 amide bonds. The molecule has 2 aliphatic rings. The van der Waals surface area contributed by atoms with Crippen LogP contribution in [-0.4, -0.2) is 42.1 Å². The van der Waals surface area contributed by atoms with Crippen molar-refractivity contribution in [2.75, 3.05) is 13.1 Å². The van der Waals surface area contributed by atoms with Crippen molar-refractivity contribution in [3.8, 4) is 0 Å². The lowest BCUT2D eigenvalue weighted by Crippen LogP contribution is -2.42. The van der Waals surface area contributed by atoms with E-state index in [1.165, 1.54) is 0 Å². The molecule has 0 aromatic carbocycles. The summed E-state index contributed by atoms with van der Waals surface area (Å²) in [6.45, 7) is 5.81. The number of nitrogens with zero attached hydrogens (tertiary/aromatic N) is 1. The largest absolute Gasteiger partial charge is 0.364 e. The summed E-state index contributed by atoms with van der Waals surface area (Å²) in [5.74, 6) is 0.842. The molecule has 18 heavy (non-hydrogen) atoms. The molecule has 1 saturated carbocycles. The predicted octanol–water partition coefficient (Wildman–Crippen LogP) is 1.53. The molecule has 1 aliphatic heterocycles. The van der Waals surface area contributed by atoms with Crippen molar-refractivity contribution in [1.82, 2.24) is 4.90 Å². The molecule has 0 bridgehead atoms. The van der Waals surface area contributed by atoms with E-state index in [1.807, 2.05) is 0 Å². The van der Waals surface area contributed by atoms with Crippen molar-refractivity contribution in [2.24, 2.45) is 11.7 Å². The van der Waals surface area contributed by atoms with Gasteiger partial charge in [0, 0.05) is 19.1 Å². The Kier molecular flexibility index (Phi) is 4.62.